The van der Waals surface area contributed by atoms with Gasteiger partial charge in [0.2, 0.25) is 0 Å². The van der Waals surface area contributed by atoms with Crippen molar-refractivity contribution in [2.75, 3.05) is 11.4 Å². The summed E-state index contributed by atoms with van der Waals surface area (Å²) in [6.07, 6.45) is 4.32. The first-order valence-electron chi connectivity index (χ1n) is 11.8. The molecule has 0 saturated carbocycles. The van der Waals surface area contributed by atoms with Gasteiger partial charge in [-0.05, 0) is 31.4 Å². The highest BCUT2D eigenvalue weighted by atomic mass is 32.2. The summed E-state index contributed by atoms with van der Waals surface area (Å²) in [6, 6.07) is 15.7. The second-order valence-electron chi connectivity index (χ2n) is 8.83. The Hall–Kier alpha value is -2.97. The standard InChI is InChI=1S/C27H28N2O4S2/c1-18-12-14-19(15-13-18)17-29-21-10-7-6-9-20(21)23(25(29)32)24-26(33)28(27(34)35-24)16-8-4-2-3-5-11-22(30)31/h6-7,9-10,12-15H,2-5,8,11,16-17H2,1H3,(H,30,31)/b24-23-. The van der Waals surface area contributed by atoms with E-state index < -0.39 is 5.97 Å². The van der Waals surface area contributed by atoms with Gasteiger partial charge in [-0.2, -0.15) is 0 Å². The lowest BCUT2D eigenvalue weighted by Gasteiger charge is -2.17. The predicted octanol–water partition coefficient (Wildman–Crippen LogP) is 5.54. The molecule has 2 aliphatic heterocycles. The number of carbonyl (C=O) groups excluding carboxylic acids is 2. The number of hydrogen-bond acceptors (Lipinski definition) is 5. The van der Waals surface area contributed by atoms with Gasteiger partial charge in [-0.1, -0.05) is 91.3 Å². The molecule has 1 saturated heterocycles. The van der Waals surface area contributed by atoms with Crippen molar-refractivity contribution in [3.05, 3.63) is 70.1 Å². The number of aryl methyl sites for hydroxylation is 1. The van der Waals surface area contributed by atoms with Gasteiger partial charge in [-0.3, -0.25) is 19.3 Å². The van der Waals surface area contributed by atoms with Crippen molar-refractivity contribution in [1.29, 1.82) is 0 Å². The van der Waals surface area contributed by atoms with Gasteiger partial charge in [-0.15, -0.1) is 0 Å². The highest BCUT2D eigenvalue weighted by Crippen LogP contribution is 2.45. The van der Waals surface area contributed by atoms with Crippen LogP contribution in [0.15, 0.2) is 53.4 Å². The Balaban J connectivity index is 1.48. The molecule has 6 nitrogen and oxygen atoms in total. The van der Waals surface area contributed by atoms with Crippen LogP contribution in [-0.2, 0) is 20.9 Å². The van der Waals surface area contributed by atoms with Crippen molar-refractivity contribution in [1.82, 2.24) is 4.90 Å². The molecule has 2 aromatic rings. The zero-order valence-corrected chi connectivity index (χ0v) is 21.3. The van der Waals surface area contributed by atoms with Gasteiger partial charge in [0, 0.05) is 18.5 Å². The van der Waals surface area contributed by atoms with E-state index >= 15 is 0 Å². The molecule has 2 amide bonds. The van der Waals surface area contributed by atoms with Crippen molar-refractivity contribution in [3.63, 3.8) is 0 Å². The normalized spacial score (nSPS) is 17.5. The van der Waals surface area contributed by atoms with Crippen molar-refractivity contribution in [3.8, 4) is 0 Å². The molecule has 0 unspecified atom stereocenters. The molecule has 0 bridgehead atoms. The van der Waals surface area contributed by atoms with Gasteiger partial charge >= 0.3 is 5.97 Å². The van der Waals surface area contributed by atoms with Crippen LogP contribution in [0.5, 0.6) is 0 Å². The first-order valence-corrected chi connectivity index (χ1v) is 13.1. The maximum atomic E-state index is 13.6. The first-order chi connectivity index (χ1) is 16.9. The lowest BCUT2D eigenvalue weighted by Crippen LogP contribution is -2.30. The molecule has 0 atom stereocenters. The minimum Gasteiger partial charge on any atom is -0.481 e. The number of para-hydroxylation sites is 1. The largest absolute Gasteiger partial charge is 0.481 e. The fourth-order valence-corrected chi connectivity index (χ4v) is 5.73. The second kappa shape index (κ2) is 11.2. The van der Waals surface area contributed by atoms with Gasteiger partial charge in [0.05, 0.1) is 22.7 Å². The molecule has 8 heteroatoms. The van der Waals surface area contributed by atoms with Crippen LogP contribution in [-0.4, -0.2) is 38.7 Å². The number of carboxylic acids is 1. The molecule has 1 fully saturated rings. The molecular formula is C27H28N2O4S2. The minimum atomic E-state index is -0.768. The Kier molecular flexibility index (Phi) is 8.03. The van der Waals surface area contributed by atoms with Crippen molar-refractivity contribution >= 4 is 57.3 Å². The third-order valence-corrected chi connectivity index (χ3v) is 7.68. The van der Waals surface area contributed by atoms with Crippen LogP contribution in [0.4, 0.5) is 5.69 Å². The van der Waals surface area contributed by atoms with E-state index in [1.54, 1.807) is 9.80 Å². The quantitative estimate of drug-likeness (QED) is 0.258. The number of fused-ring (bicyclic) bond motifs is 1. The molecule has 0 aliphatic carbocycles. The van der Waals surface area contributed by atoms with Crippen molar-refractivity contribution < 1.29 is 19.5 Å². The van der Waals surface area contributed by atoms with Gasteiger partial charge in [0.25, 0.3) is 11.8 Å². The van der Waals surface area contributed by atoms with E-state index in [4.69, 9.17) is 17.3 Å². The Morgan fingerprint density at radius 1 is 0.914 bits per heavy atom. The smallest absolute Gasteiger partial charge is 0.303 e. The van der Waals surface area contributed by atoms with E-state index in [9.17, 15) is 14.4 Å². The van der Waals surface area contributed by atoms with Crippen molar-refractivity contribution in [2.45, 2.75) is 52.0 Å². The number of carbonyl (C=O) groups is 3. The maximum absolute atomic E-state index is 13.6. The molecule has 2 aromatic carbocycles. The van der Waals surface area contributed by atoms with Gasteiger partial charge in [-0.25, -0.2) is 0 Å². The van der Waals surface area contributed by atoms with Crippen LogP contribution in [0, 0.1) is 6.92 Å². The Morgan fingerprint density at radius 3 is 2.34 bits per heavy atom. The fourth-order valence-electron chi connectivity index (χ4n) is 4.35. The minimum absolute atomic E-state index is 0.175. The number of anilines is 1. The van der Waals surface area contributed by atoms with Crippen LogP contribution in [0.1, 0.15) is 55.2 Å². The first kappa shape index (κ1) is 25.1. The average Bonchev–Trinajstić information content (AvgIpc) is 3.26. The van der Waals surface area contributed by atoms with E-state index in [1.165, 1.54) is 11.8 Å². The van der Waals surface area contributed by atoms with Crippen molar-refractivity contribution in [2.24, 2.45) is 0 Å². The summed E-state index contributed by atoms with van der Waals surface area (Å²) in [7, 11) is 0. The van der Waals surface area contributed by atoms with E-state index in [-0.39, 0.29) is 18.2 Å². The average molecular weight is 509 g/mol. The number of benzene rings is 2. The molecule has 2 aliphatic rings. The van der Waals surface area contributed by atoms with E-state index in [1.807, 2.05) is 55.5 Å². The van der Waals surface area contributed by atoms with Crippen LogP contribution in [0.3, 0.4) is 0 Å². The second-order valence-corrected chi connectivity index (χ2v) is 10.5. The lowest BCUT2D eigenvalue weighted by molar-refractivity contribution is -0.137. The monoisotopic (exact) mass is 508 g/mol. The summed E-state index contributed by atoms with van der Waals surface area (Å²) in [5.74, 6) is -1.15. The highest BCUT2D eigenvalue weighted by molar-refractivity contribution is 8.26. The Labute approximate surface area is 215 Å². The third-order valence-electron chi connectivity index (χ3n) is 6.23. The summed E-state index contributed by atoms with van der Waals surface area (Å²) in [4.78, 5) is 41.3. The molecule has 0 aromatic heterocycles. The Morgan fingerprint density at radius 2 is 1.60 bits per heavy atom. The number of thioether (sulfide) groups is 1. The van der Waals surface area contributed by atoms with E-state index in [0.717, 1.165) is 48.1 Å². The molecular weight excluding hydrogens is 480 g/mol. The fraction of sp³-hybridized carbons (Fsp3) is 0.333. The highest BCUT2D eigenvalue weighted by Gasteiger charge is 2.41. The zero-order chi connectivity index (χ0) is 24.9. The number of rotatable bonds is 10. The summed E-state index contributed by atoms with van der Waals surface area (Å²) in [5.41, 5.74) is 4.19. The van der Waals surface area contributed by atoms with Crippen LogP contribution in [0.25, 0.3) is 5.57 Å². The zero-order valence-electron chi connectivity index (χ0n) is 19.7. The summed E-state index contributed by atoms with van der Waals surface area (Å²) in [6.45, 7) is 2.96. The molecule has 182 valence electrons. The lowest BCUT2D eigenvalue weighted by atomic mass is 10.1. The molecule has 35 heavy (non-hydrogen) atoms. The van der Waals surface area contributed by atoms with E-state index in [0.29, 0.717) is 34.3 Å². The topological polar surface area (TPSA) is 77.9 Å². The number of hydrogen-bond donors (Lipinski definition) is 1. The summed E-state index contributed by atoms with van der Waals surface area (Å²) in [5, 5.41) is 8.72. The summed E-state index contributed by atoms with van der Waals surface area (Å²) < 4.78 is 0.477. The number of nitrogens with zero attached hydrogens (tertiary/aromatic N) is 2. The van der Waals surface area contributed by atoms with E-state index in [2.05, 4.69) is 0 Å². The number of aliphatic carboxylic acids is 1. The maximum Gasteiger partial charge on any atom is 0.303 e. The SMILES string of the molecule is Cc1ccc(CN2C(=O)/C(=C3\SC(=S)N(CCCCCCCC(=O)O)C3=O)c3ccccc32)cc1. The Bertz CT molecular complexity index is 1190. The number of carboxylic acid groups (broad SMARTS) is 1. The van der Waals surface area contributed by atoms with Gasteiger partial charge in [0.1, 0.15) is 4.32 Å². The van der Waals surface area contributed by atoms with Crippen LogP contribution in [0.2, 0.25) is 0 Å². The third kappa shape index (κ3) is 5.65. The molecule has 1 N–H and O–H groups in total. The summed E-state index contributed by atoms with van der Waals surface area (Å²) >= 11 is 6.71. The predicted molar refractivity (Wildman–Crippen MR) is 143 cm³/mol. The number of amides is 2. The van der Waals surface area contributed by atoms with Crippen LogP contribution >= 0.6 is 24.0 Å². The number of thiocarbonyl (C=S) groups is 1. The number of unbranched alkanes of at least 4 members (excludes halogenated alkanes) is 4. The van der Waals surface area contributed by atoms with Crippen LogP contribution < -0.4 is 4.90 Å². The molecule has 2 heterocycles. The van der Waals surface area contributed by atoms with Gasteiger partial charge in [0.15, 0.2) is 0 Å². The molecule has 0 spiro atoms. The molecule has 0 radical (unpaired) electrons. The van der Waals surface area contributed by atoms with Gasteiger partial charge < -0.3 is 10.0 Å². The molecule has 4 rings (SSSR count).